The maximum absolute atomic E-state index is 9.46. The fourth-order valence-corrected chi connectivity index (χ4v) is 0. The summed E-state index contributed by atoms with van der Waals surface area (Å²) < 4.78 is 0. The molecule has 0 heterocycles. The number of halogens is 1. The first kappa shape index (κ1) is 12.4. The van der Waals surface area contributed by atoms with Crippen LogP contribution in [0.2, 0.25) is 0 Å². The van der Waals surface area contributed by atoms with Gasteiger partial charge in [-0.1, -0.05) is 0 Å². The molecule has 0 fully saturated rings. The van der Waals surface area contributed by atoms with Crippen LogP contribution in [-0.4, -0.2) is 23.6 Å². The molecule has 64 valence electrons. The molecular formula is C4H8ClN3O3. The molecule has 0 radical (unpaired) electrons. The molecule has 0 aliphatic rings. The van der Waals surface area contributed by atoms with Crippen LogP contribution in [0.4, 0.5) is 0 Å². The molecule has 0 bridgehead atoms. The molecule has 6 N–H and O–H groups in total. The molecule has 0 unspecified atom stereocenters. The molecule has 0 aliphatic carbocycles. The number of hydrogen-bond acceptors (Lipinski definition) is 3. The third-order valence-corrected chi connectivity index (χ3v) is 0.638. The molecule has 7 heteroatoms. The summed E-state index contributed by atoms with van der Waals surface area (Å²) in [5, 5.41) is 0. The predicted octanol–water partition coefficient (Wildman–Crippen LogP) is -2.33. The molecule has 0 rings (SSSR count). The van der Waals surface area contributed by atoms with Crippen molar-refractivity contribution < 1.29 is 14.4 Å². The lowest BCUT2D eigenvalue weighted by molar-refractivity contribution is -0.135. The average Bonchev–Trinajstić information content (AvgIpc) is 1.89. The normalized spacial score (nSPS) is 7.36. The van der Waals surface area contributed by atoms with E-state index in [9.17, 15) is 14.4 Å². The van der Waals surface area contributed by atoms with Crippen molar-refractivity contribution in [3.63, 3.8) is 0 Å². The van der Waals surface area contributed by atoms with Gasteiger partial charge in [0.25, 0.3) is 0 Å². The van der Waals surface area contributed by atoms with Crippen molar-refractivity contribution in [2.75, 3.05) is 5.88 Å². The Morgan fingerprint density at radius 1 is 1.00 bits per heavy atom. The lowest BCUT2D eigenvalue weighted by Crippen LogP contribution is -2.29. The summed E-state index contributed by atoms with van der Waals surface area (Å²) in [6.45, 7) is 0. The largest absolute Gasteiger partial charge is 0.369 e. The van der Waals surface area contributed by atoms with E-state index in [1.807, 2.05) is 0 Å². The molecule has 0 saturated heterocycles. The second-order valence-electron chi connectivity index (χ2n) is 1.33. The highest BCUT2D eigenvalue weighted by atomic mass is 35.5. The van der Waals surface area contributed by atoms with E-state index in [0.717, 1.165) is 0 Å². The quantitative estimate of drug-likeness (QED) is 0.310. The fraction of sp³-hybridized carbons (Fsp3) is 0.250. The Morgan fingerprint density at radius 2 is 1.18 bits per heavy atom. The summed E-state index contributed by atoms with van der Waals surface area (Å²) in [5.41, 5.74) is 13.2. The van der Waals surface area contributed by atoms with Crippen LogP contribution >= 0.6 is 11.6 Å². The monoisotopic (exact) mass is 181 g/mol. The van der Waals surface area contributed by atoms with Gasteiger partial charge < -0.3 is 17.2 Å². The topological polar surface area (TPSA) is 129 Å². The van der Waals surface area contributed by atoms with Crippen LogP contribution in [0.15, 0.2) is 0 Å². The Morgan fingerprint density at radius 3 is 1.18 bits per heavy atom. The molecule has 0 aromatic carbocycles. The maximum atomic E-state index is 9.46. The van der Waals surface area contributed by atoms with Crippen LogP contribution in [0, 0.1) is 0 Å². The van der Waals surface area contributed by atoms with Crippen molar-refractivity contribution in [2.24, 2.45) is 17.2 Å². The standard InChI is InChI=1S/C2H4ClNO.C2H4N2O2/c3-1-2(4)5;3-1(5)2(4)6/h1H2,(H2,4,5);(H2,3,5)(H2,4,6). The Balaban J connectivity index is 0. The first-order chi connectivity index (χ1) is 4.91. The lowest BCUT2D eigenvalue weighted by atomic mass is 10.6. The van der Waals surface area contributed by atoms with Crippen molar-refractivity contribution in [3.05, 3.63) is 0 Å². The minimum Gasteiger partial charge on any atom is -0.369 e. The number of rotatable bonds is 1. The molecule has 3 amide bonds. The predicted molar refractivity (Wildman–Crippen MR) is 38.3 cm³/mol. The Bertz CT molecular complexity index is 158. The van der Waals surface area contributed by atoms with E-state index < -0.39 is 17.7 Å². The molecule has 11 heavy (non-hydrogen) atoms. The molecule has 0 saturated carbocycles. The van der Waals surface area contributed by atoms with Crippen molar-refractivity contribution in [3.8, 4) is 0 Å². The Kier molecular flexibility index (Phi) is 7.67. The van der Waals surface area contributed by atoms with E-state index in [0.29, 0.717) is 0 Å². The number of alkyl halides is 1. The van der Waals surface area contributed by atoms with Crippen molar-refractivity contribution in [2.45, 2.75) is 0 Å². The van der Waals surface area contributed by atoms with Crippen LogP contribution in [0.5, 0.6) is 0 Å². The van der Waals surface area contributed by atoms with Gasteiger partial charge >= 0.3 is 11.8 Å². The Labute approximate surface area is 67.6 Å². The SMILES string of the molecule is NC(=O)C(N)=O.NC(=O)CCl. The third-order valence-electron chi connectivity index (χ3n) is 0.375. The Hall–Kier alpha value is -1.30. The molecule has 0 spiro atoms. The number of carbonyl (C=O) groups excluding carboxylic acids is 3. The minimum absolute atomic E-state index is 0.0833. The first-order valence-corrected chi connectivity index (χ1v) is 2.88. The van der Waals surface area contributed by atoms with E-state index in [-0.39, 0.29) is 5.88 Å². The summed E-state index contributed by atoms with van der Waals surface area (Å²) in [5.74, 6) is -2.77. The van der Waals surface area contributed by atoms with E-state index in [2.05, 4.69) is 17.2 Å². The van der Waals surface area contributed by atoms with Gasteiger partial charge in [-0.15, -0.1) is 11.6 Å². The van der Waals surface area contributed by atoms with Crippen LogP contribution in [0.1, 0.15) is 0 Å². The van der Waals surface area contributed by atoms with Crippen LogP contribution < -0.4 is 17.2 Å². The van der Waals surface area contributed by atoms with E-state index in [1.54, 1.807) is 0 Å². The minimum atomic E-state index is -1.10. The van der Waals surface area contributed by atoms with E-state index in [4.69, 9.17) is 11.6 Å². The van der Waals surface area contributed by atoms with Gasteiger partial charge in [-0.25, -0.2) is 0 Å². The zero-order valence-electron chi connectivity index (χ0n) is 5.54. The van der Waals surface area contributed by atoms with Crippen molar-refractivity contribution in [1.82, 2.24) is 0 Å². The summed E-state index contributed by atoms with van der Waals surface area (Å²) in [4.78, 5) is 28.4. The number of carbonyl (C=O) groups is 3. The second kappa shape index (κ2) is 6.81. The van der Waals surface area contributed by atoms with Gasteiger partial charge in [0.2, 0.25) is 5.91 Å². The average molecular weight is 182 g/mol. The van der Waals surface area contributed by atoms with Crippen LogP contribution in [0.25, 0.3) is 0 Å². The van der Waals surface area contributed by atoms with E-state index >= 15 is 0 Å². The number of hydrogen-bond donors (Lipinski definition) is 3. The lowest BCUT2D eigenvalue weighted by Gasteiger charge is -1.75. The number of primary amides is 3. The first-order valence-electron chi connectivity index (χ1n) is 2.35. The van der Waals surface area contributed by atoms with Gasteiger partial charge in [-0.05, 0) is 0 Å². The second-order valence-corrected chi connectivity index (χ2v) is 1.60. The molecule has 0 aliphatic heterocycles. The highest BCUT2D eigenvalue weighted by Gasteiger charge is 1.96. The van der Waals surface area contributed by atoms with Gasteiger partial charge in [-0.3, -0.25) is 14.4 Å². The van der Waals surface area contributed by atoms with Gasteiger partial charge in [-0.2, -0.15) is 0 Å². The highest BCUT2D eigenvalue weighted by Crippen LogP contribution is 1.64. The molecule has 0 atom stereocenters. The van der Waals surface area contributed by atoms with Crippen LogP contribution in [-0.2, 0) is 14.4 Å². The molecule has 0 aromatic heterocycles. The van der Waals surface area contributed by atoms with Gasteiger partial charge in [0, 0.05) is 0 Å². The molecule has 0 aromatic rings. The van der Waals surface area contributed by atoms with E-state index in [1.165, 1.54) is 0 Å². The zero-order chi connectivity index (χ0) is 9.44. The molecule has 6 nitrogen and oxygen atoms in total. The zero-order valence-corrected chi connectivity index (χ0v) is 6.30. The van der Waals surface area contributed by atoms with Gasteiger partial charge in [0.05, 0.1) is 0 Å². The van der Waals surface area contributed by atoms with Gasteiger partial charge in [0.1, 0.15) is 5.88 Å². The smallest absolute Gasteiger partial charge is 0.306 e. The summed E-state index contributed by atoms with van der Waals surface area (Å²) in [6, 6.07) is 0. The fourth-order valence-electron chi connectivity index (χ4n) is 0. The summed E-state index contributed by atoms with van der Waals surface area (Å²) >= 11 is 4.86. The van der Waals surface area contributed by atoms with Crippen molar-refractivity contribution in [1.29, 1.82) is 0 Å². The van der Waals surface area contributed by atoms with Crippen LogP contribution in [0.3, 0.4) is 0 Å². The number of nitrogens with two attached hydrogens (primary N) is 3. The molecular weight excluding hydrogens is 174 g/mol. The third kappa shape index (κ3) is 17.7. The maximum Gasteiger partial charge on any atom is 0.306 e. The van der Waals surface area contributed by atoms with Crippen molar-refractivity contribution >= 4 is 29.3 Å². The summed E-state index contributed by atoms with van der Waals surface area (Å²) in [6.07, 6.45) is 0. The highest BCUT2D eigenvalue weighted by molar-refractivity contribution is 6.33. The number of amides is 3. The van der Waals surface area contributed by atoms with Gasteiger partial charge in [0.15, 0.2) is 0 Å². The summed E-state index contributed by atoms with van der Waals surface area (Å²) in [7, 11) is 0.